The molecule has 2 aromatic rings. The van der Waals surface area contributed by atoms with Crippen molar-refractivity contribution in [3.8, 4) is 0 Å². The Balaban J connectivity index is 1.63. The summed E-state index contributed by atoms with van der Waals surface area (Å²) in [5, 5.41) is 1.91. The molecule has 2 aromatic heterocycles. The molecule has 3 heterocycles. The molecule has 0 N–H and O–H groups in total. The summed E-state index contributed by atoms with van der Waals surface area (Å²) < 4.78 is 7.29. The molecule has 0 radical (unpaired) electrons. The maximum absolute atomic E-state index is 12.7. The van der Waals surface area contributed by atoms with Crippen LogP contribution in [-0.4, -0.2) is 52.9 Å². The number of hydrogen-bond donors (Lipinski definition) is 0. The SMILES string of the molecule is COCCn1ccnc1[C@H]1CCCN(C(=O)Cc2csc(C(C)=O)c2)C1. The number of thiophene rings is 1. The molecule has 1 aliphatic rings. The van der Waals surface area contributed by atoms with E-state index in [9.17, 15) is 9.59 Å². The van der Waals surface area contributed by atoms with Crippen LogP contribution in [0.5, 0.6) is 0 Å². The number of ether oxygens (including phenoxy) is 1. The molecule has 0 aliphatic carbocycles. The van der Waals surface area contributed by atoms with Gasteiger partial charge in [-0.3, -0.25) is 9.59 Å². The van der Waals surface area contributed by atoms with E-state index in [1.165, 1.54) is 11.3 Å². The highest BCUT2D eigenvalue weighted by Gasteiger charge is 2.27. The van der Waals surface area contributed by atoms with Gasteiger partial charge in [0.1, 0.15) is 5.82 Å². The summed E-state index contributed by atoms with van der Waals surface area (Å²) in [5.41, 5.74) is 0.925. The first-order valence-electron chi connectivity index (χ1n) is 8.94. The van der Waals surface area contributed by atoms with Gasteiger partial charge in [0.05, 0.1) is 17.9 Å². The van der Waals surface area contributed by atoms with Gasteiger partial charge in [0, 0.05) is 45.1 Å². The highest BCUT2D eigenvalue weighted by Crippen LogP contribution is 2.26. The standard InChI is InChI=1S/C19H25N3O3S/c1-14(23)17-10-15(13-26-17)11-18(24)22-6-3-4-16(12-22)19-20-5-7-21(19)8-9-25-2/h5,7,10,13,16H,3-4,6,8-9,11-12H2,1-2H3/t16-/m0/s1. The zero-order valence-corrected chi connectivity index (χ0v) is 16.1. The van der Waals surface area contributed by atoms with Gasteiger partial charge < -0.3 is 14.2 Å². The summed E-state index contributed by atoms with van der Waals surface area (Å²) in [5.74, 6) is 1.47. The predicted octanol–water partition coefficient (Wildman–Crippen LogP) is 2.74. The van der Waals surface area contributed by atoms with E-state index in [0.29, 0.717) is 24.4 Å². The van der Waals surface area contributed by atoms with E-state index in [4.69, 9.17) is 4.74 Å². The lowest BCUT2D eigenvalue weighted by Gasteiger charge is -2.32. The third-order valence-electron chi connectivity index (χ3n) is 4.78. The molecule has 0 unspecified atom stereocenters. The zero-order chi connectivity index (χ0) is 18.5. The quantitative estimate of drug-likeness (QED) is 0.698. The molecule has 0 aromatic carbocycles. The van der Waals surface area contributed by atoms with E-state index in [-0.39, 0.29) is 17.6 Å². The smallest absolute Gasteiger partial charge is 0.227 e. The molecule has 0 saturated carbocycles. The zero-order valence-electron chi connectivity index (χ0n) is 15.3. The molecule has 3 rings (SSSR count). The van der Waals surface area contributed by atoms with Gasteiger partial charge in [-0.2, -0.15) is 0 Å². The molecule has 1 amide bonds. The first-order chi connectivity index (χ1) is 12.6. The first-order valence-corrected chi connectivity index (χ1v) is 9.82. The van der Waals surface area contributed by atoms with Crippen molar-refractivity contribution in [1.82, 2.24) is 14.5 Å². The number of nitrogens with zero attached hydrogens (tertiary/aromatic N) is 3. The average Bonchev–Trinajstić information content (AvgIpc) is 3.29. The summed E-state index contributed by atoms with van der Waals surface area (Å²) in [6.07, 6.45) is 6.18. The van der Waals surface area contributed by atoms with Crippen LogP contribution in [0.3, 0.4) is 0 Å². The minimum Gasteiger partial charge on any atom is -0.383 e. The van der Waals surface area contributed by atoms with Gasteiger partial charge in [-0.25, -0.2) is 4.98 Å². The number of carbonyl (C=O) groups is 2. The Kier molecular flexibility index (Phi) is 6.21. The summed E-state index contributed by atoms with van der Waals surface area (Å²) in [7, 11) is 1.69. The number of methoxy groups -OCH3 is 1. The van der Waals surface area contributed by atoms with Crippen LogP contribution in [0.25, 0.3) is 0 Å². The second kappa shape index (κ2) is 8.60. The van der Waals surface area contributed by atoms with E-state index in [0.717, 1.165) is 37.3 Å². The molecule has 1 aliphatic heterocycles. The van der Waals surface area contributed by atoms with Crippen molar-refractivity contribution in [1.29, 1.82) is 0 Å². The molecule has 0 bridgehead atoms. The third kappa shape index (κ3) is 4.40. The Hall–Kier alpha value is -1.99. The number of rotatable bonds is 7. The fourth-order valence-electron chi connectivity index (χ4n) is 3.41. The lowest BCUT2D eigenvalue weighted by molar-refractivity contribution is -0.131. The van der Waals surface area contributed by atoms with Crippen molar-refractivity contribution in [2.24, 2.45) is 0 Å². The Morgan fingerprint density at radius 3 is 3.00 bits per heavy atom. The number of hydrogen-bond acceptors (Lipinski definition) is 5. The number of amides is 1. The second-order valence-corrected chi connectivity index (χ2v) is 7.61. The summed E-state index contributed by atoms with van der Waals surface area (Å²) in [6.45, 7) is 4.47. The normalized spacial score (nSPS) is 17.5. The molecular formula is C19H25N3O3S. The van der Waals surface area contributed by atoms with Gasteiger partial charge in [-0.05, 0) is 36.8 Å². The van der Waals surface area contributed by atoms with Crippen molar-refractivity contribution < 1.29 is 14.3 Å². The van der Waals surface area contributed by atoms with Crippen LogP contribution in [0.15, 0.2) is 23.8 Å². The highest BCUT2D eigenvalue weighted by molar-refractivity contribution is 7.12. The Morgan fingerprint density at radius 1 is 1.42 bits per heavy atom. The van der Waals surface area contributed by atoms with Gasteiger partial charge in [0.15, 0.2) is 5.78 Å². The van der Waals surface area contributed by atoms with E-state index in [2.05, 4.69) is 9.55 Å². The van der Waals surface area contributed by atoms with Crippen molar-refractivity contribution in [2.45, 2.75) is 38.6 Å². The van der Waals surface area contributed by atoms with E-state index in [1.54, 1.807) is 14.0 Å². The first kappa shape index (κ1) is 18.8. The number of likely N-dealkylation sites (tertiary alicyclic amines) is 1. The van der Waals surface area contributed by atoms with E-state index in [1.807, 2.05) is 28.7 Å². The third-order valence-corrected chi connectivity index (χ3v) is 5.86. The summed E-state index contributed by atoms with van der Waals surface area (Å²) >= 11 is 1.41. The Morgan fingerprint density at radius 2 is 2.27 bits per heavy atom. The van der Waals surface area contributed by atoms with E-state index < -0.39 is 0 Å². The number of carbonyl (C=O) groups excluding carboxylic acids is 2. The van der Waals surface area contributed by atoms with Gasteiger partial charge in [0.25, 0.3) is 0 Å². The van der Waals surface area contributed by atoms with Crippen molar-refractivity contribution in [3.63, 3.8) is 0 Å². The fraction of sp³-hybridized carbons (Fsp3) is 0.526. The van der Waals surface area contributed by atoms with Crippen LogP contribution in [0.1, 0.15) is 46.7 Å². The highest BCUT2D eigenvalue weighted by atomic mass is 32.1. The predicted molar refractivity (Wildman–Crippen MR) is 101 cm³/mol. The minimum absolute atomic E-state index is 0.0506. The molecular weight excluding hydrogens is 350 g/mol. The van der Waals surface area contributed by atoms with Crippen LogP contribution >= 0.6 is 11.3 Å². The summed E-state index contributed by atoms with van der Waals surface area (Å²) in [4.78, 5) is 31.3. The van der Waals surface area contributed by atoms with Crippen molar-refractivity contribution in [3.05, 3.63) is 40.1 Å². The summed E-state index contributed by atoms with van der Waals surface area (Å²) in [6, 6.07) is 1.84. The van der Waals surface area contributed by atoms with Gasteiger partial charge in [0.2, 0.25) is 5.91 Å². The molecule has 1 atom stereocenters. The van der Waals surface area contributed by atoms with Gasteiger partial charge in [-0.15, -0.1) is 11.3 Å². The molecule has 1 fully saturated rings. The Bertz CT molecular complexity index is 768. The number of imidazole rings is 1. The minimum atomic E-state index is 0.0506. The fourth-order valence-corrected chi connectivity index (χ4v) is 4.23. The lowest BCUT2D eigenvalue weighted by atomic mass is 9.96. The van der Waals surface area contributed by atoms with E-state index >= 15 is 0 Å². The monoisotopic (exact) mass is 375 g/mol. The van der Waals surface area contributed by atoms with Gasteiger partial charge >= 0.3 is 0 Å². The molecule has 1 saturated heterocycles. The Labute approximate surface area is 157 Å². The van der Waals surface area contributed by atoms with Crippen LogP contribution in [0, 0.1) is 0 Å². The molecule has 0 spiro atoms. The van der Waals surface area contributed by atoms with Gasteiger partial charge in [-0.1, -0.05) is 0 Å². The lowest BCUT2D eigenvalue weighted by Crippen LogP contribution is -2.40. The second-order valence-electron chi connectivity index (χ2n) is 6.70. The van der Waals surface area contributed by atoms with Crippen LogP contribution < -0.4 is 0 Å². The number of ketones is 1. The number of Topliss-reactive ketones (excluding diaryl/α,β-unsaturated/α-hetero) is 1. The van der Waals surface area contributed by atoms with Crippen molar-refractivity contribution in [2.75, 3.05) is 26.8 Å². The number of piperidine rings is 1. The van der Waals surface area contributed by atoms with Crippen molar-refractivity contribution >= 4 is 23.0 Å². The maximum atomic E-state index is 12.7. The molecule has 140 valence electrons. The largest absolute Gasteiger partial charge is 0.383 e. The molecule has 26 heavy (non-hydrogen) atoms. The number of aromatic nitrogens is 2. The topological polar surface area (TPSA) is 64.4 Å². The van der Waals surface area contributed by atoms with Crippen LogP contribution in [0.4, 0.5) is 0 Å². The molecule has 6 nitrogen and oxygen atoms in total. The average molecular weight is 375 g/mol. The van der Waals surface area contributed by atoms with Crippen LogP contribution in [0.2, 0.25) is 0 Å². The molecule has 7 heteroatoms. The van der Waals surface area contributed by atoms with Crippen LogP contribution in [-0.2, 0) is 22.5 Å². The maximum Gasteiger partial charge on any atom is 0.227 e.